The van der Waals surface area contributed by atoms with Crippen LogP contribution in [0.15, 0.2) is 30.7 Å². The molecular weight excluding hydrogens is 564 g/mol. The second kappa shape index (κ2) is 10.2. The van der Waals surface area contributed by atoms with Gasteiger partial charge in [-0.3, -0.25) is 19.4 Å². The molecular formula is C24H30Br2N6O2. The lowest BCUT2D eigenvalue weighted by Crippen LogP contribution is -2.33. The number of anilines is 2. The van der Waals surface area contributed by atoms with Crippen molar-refractivity contribution in [3.63, 3.8) is 0 Å². The fourth-order valence-corrected chi connectivity index (χ4v) is 5.91. The monoisotopic (exact) mass is 592 g/mol. The molecule has 1 aromatic heterocycles. The minimum Gasteiger partial charge on any atom is -0.397 e. The summed E-state index contributed by atoms with van der Waals surface area (Å²) in [6.07, 6.45) is 1.87. The molecule has 0 atom stereocenters. The van der Waals surface area contributed by atoms with Crippen molar-refractivity contribution in [2.24, 2.45) is 0 Å². The van der Waals surface area contributed by atoms with Crippen LogP contribution in [0.25, 0.3) is 11.0 Å². The van der Waals surface area contributed by atoms with Gasteiger partial charge in [0.05, 0.1) is 22.4 Å². The fraction of sp³-hybridized carbons (Fsp3) is 0.417. The smallest absolute Gasteiger partial charge is 0.314 e. The van der Waals surface area contributed by atoms with Gasteiger partial charge in [-0.05, 0) is 60.3 Å². The molecule has 0 fully saturated rings. The number of halogens is 2. The molecule has 0 spiro atoms. The summed E-state index contributed by atoms with van der Waals surface area (Å²) < 4.78 is 2.07. The summed E-state index contributed by atoms with van der Waals surface area (Å²) in [5.74, 6) is 0. The van der Waals surface area contributed by atoms with E-state index >= 15 is 0 Å². The number of nitrogens with one attached hydrogen (secondary N) is 2. The van der Waals surface area contributed by atoms with Crippen LogP contribution in [-0.2, 0) is 25.9 Å². The number of nitrogens with zero attached hydrogens (tertiary/aromatic N) is 2. The first-order valence-corrected chi connectivity index (χ1v) is 13.1. The molecule has 0 saturated heterocycles. The standard InChI is InChI=1S/C13H14BrN3O2.C11H16BrN3/c1-2-17-4-3-7-8(6-17)9(14)5-10-11(7)16-13(19)12(18)15-10;1-2-15-4-3-7-8(6-15)9(12)5-10(13)11(7)14/h5H,2-4,6H2,1H3,(H,15,18)(H,16,19);5H,2-4,6,13-14H2,1H3. The van der Waals surface area contributed by atoms with Crippen LogP contribution in [0.4, 0.5) is 11.4 Å². The molecule has 8 nitrogen and oxygen atoms in total. The number of rotatable bonds is 2. The first kappa shape index (κ1) is 25.0. The van der Waals surface area contributed by atoms with Crippen LogP contribution in [-0.4, -0.2) is 45.9 Å². The number of aromatic nitrogens is 2. The summed E-state index contributed by atoms with van der Waals surface area (Å²) >= 11 is 7.12. The maximum absolute atomic E-state index is 11.5. The van der Waals surface area contributed by atoms with Gasteiger partial charge >= 0.3 is 11.1 Å². The highest BCUT2D eigenvalue weighted by molar-refractivity contribution is 9.10. The zero-order valence-corrected chi connectivity index (χ0v) is 22.6. The van der Waals surface area contributed by atoms with E-state index in [2.05, 4.69) is 65.5 Å². The summed E-state index contributed by atoms with van der Waals surface area (Å²) in [7, 11) is 0. The molecule has 182 valence electrons. The van der Waals surface area contributed by atoms with Crippen LogP contribution in [0, 0.1) is 0 Å². The van der Waals surface area contributed by atoms with Gasteiger partial charge in [0.1, 0.15) is 0 Å². The molecule has 34 heavy (non-hydrogen) atoms. The predicted octanol–water partition coefficient (Wildman–Crippen LogP) is 3.35. The Morgan fingerprint density at radius 2 is 1.35 bits per heavy atom. The quantitative estimate of drug-likeness (QED) is 0.267. The molecule has 5 rings (SSSR count). The van der Waals surface area contributed by atoms with Crippen LogP contribution in [0.1, 0.15) is 36.1 Å². The Hall–Kier alpha value is -2.14. The van der Waals surface area contributed by atoms with Gasteiger partial charge in [0.15, 0.2) is 0 Å². The Bertz CT molecular complexity index is 1350. The van der Waals surface area contributed by atoms with Crippen LogP contribution < -0.4 is 22.6 Å². The van der Waals surface area contributed by atoms with Gasteiger partial charge < -0.3 is 21.4 Å². The second-order valence-electron chi connectivity index (χ2n) is 8.70. The molecule has 6 N–H and O–H groups in total. The average Bonchev–Trinajstić information content (AvgIpc) is 2.84. The molecule has 2 aliphatic heterocycles. The molecule has 0 bridgehead atoms. The third-order valence-corrected chi connectivity index (χ3v) is 8.19. The maximum atomic E-state index is 11.5. The minimum atomic E-state index is -0.606. The van der Waals surface area contributed by atoms with Gasteiger partial charge in [0.2, 0.25) is 0 Å². The molecule has 3 aromatic rings. The zero-order chi connectivity index (χ0) is 24.6. The summed E-state index contributed by atoms with van der Waals surface area (Å²) in [6.45, 7) is 10.3. The number of aromatic amines is 2. The highest BCUT2D eigenvalue weighted by Gasteiger charge is 2.22. The van der Waals surface area contributed by atoms with E-state index in [1.54, 1.807) is 0 Å². The molecule has 10 heteroatoms. The number of H-pyrrole nitrogens is 2. The van der Waals surface area contributed by atoms with Crippen molar-refractivity contribution in [3.8, 4) is 0 Å². The van der Waals surface area contributed by atoms with Gasteiger partial charge in [-0.2, -0.15) is 0 Å². The number of fused-ring (bicyclic) bond motifs is 4. The Kier molecular flexibility index (Phi) is 7.51. The van der Waals surface area contributed by atoms with E-state index in [4.69, 9.17) is 11.5 Å². The summed E-state index contributed by atoms with van der Waals surface area (Å²) in [5, 5.41) is 0. The van der Waals surface area contributed by atoms with E-state index in [1.807, 2.05) is 12.1 Å². The average molecular weight is 594 g/mol. The maximum Gasteiger partial charge on any atom is 0.314 e. The highest BCUT2D eigenvalue weighted by Crippen LogP contribution is 2.35. The molecule has 3 heterocycles. The second-order valence-corrected chi connectivity index (χ2v) is 10.4. The molecule has 2 aromatic carbocycles. The van der Waals surface area contributed by atoms with Crippen LogP contribution in [0.5, 0.6) is 0 Å². The normalized spacial score (nSPS) is 16.0. The SMILES string of the molecule is CCN1CCc2c(N)c(N)cc(Br)c2C1.CCN1CCc2c(c(Br)cc3[nH]c(=O)c(=O)[nH]c23)C1. The van der Waals surface area contributed by atoms with Crippen molar-refractivity contribution < 1.29 is 0 Å². The lowest BCUT2D eigenvalue weighted by atomic mass is 9.97. The number of likely N-dealkylation sites (N-methyl/N-ethyl adjacent to an activating group) is 2. The highest BCUT2D eigenvalue weighted by atomic mass is 79.9. The van der Waals surface area contributed by atoms with Crippen LogP contribution in [0.3, 0.4) is 0 Å². The number of nitrogens with two attached hydrogens (primary N) is 2. The predicted molar refractivity (Wildman–Crippen MR) is 145 cm³/mol. The molecule has 2 aliphatic rings. The van der Waals surface area contributed by atoms with Crippen LogP contribution in [0.2, 0.25) is 0 Å². The number of hydrogen-bond acceptors (Lipinski definition) is 6. The Morgan fingerprint density at radius 3 is 1.97 bits per heavy atom. The van der Waals surface area contributed by atoms with Crippen molar-refractivity contribution in [3.05, 3.63) is 64.0 Å². The van der Waals surface area contributed by atoms with Gasteiger partial charge in [-0.15, -0.1) is 0 Å². The van der Waals surface area contributed by atoms with Crippen molar-refractivity contribution in [1.82, 2.24) is 19.8 Å². The Balaban J connectivity index is 0.000000166. The summed E-state index contributed by atoms with van der Waals surface area (Å²) in [5.41, 5.74) is 18.4. The summed E-state index contributed by atoms with van der Waals surface area (Å²) in [4.78, 5) is 33.0. The first-order chi connectivity index (χ1) is 16.2. The van der Waals surface area contributed by atoms with Gasteiger partial charge in [0, 0.05) is 35.1 Å². The molecule has 0 saturated carbocycles. The Labute approximate surface area is 215 Å². The minimum absolute atomic E-state index is 0.588. The van der Waals surface area contributed by atoms with E-state index in [9.17, 15) is 9.59 Å². The molecule has 0 aliphatic carbocycles. The zero-order valence-electron chi connectivity index (χ0n) is 19.4. The van der Waals surface area contributed by atoms with Crippen molar-refractivity contribution in [1.29, 1.82) is 0 Å². The molecule has 0 amide bonds. The fourth-order valence-electron chi connectivity index (χ4n) is 4.71. The van der Waals surface area contributed by atoms with E-state index in [0.717, 1.165) is 77.8 Å². The summed E-state index contributed by atoms with van der Waals surface area (Å²) in [6, 6.07) is 3.78. The first-order valence-electron chi connectivity index (χ1n) is 11.5. The van der Waals surface area contributed by atoms with E-state index < -0.39 is 11.1 Å². The number of benzene rings is 2. The van der Waals surface area contributed by atoms with Gasteiger partial charge in [-0.1, -0.05) is 45.7 Å². The third-order valence-electron chi connectivity index (χ3n) is 6.77. The molecule has 0 radical (unpaired) electrons. The van der Waals surface area contributed by atoms with Crippen molar-refractivity contribution >= 4 is 54.3 Å². The lowest BCUT2D eigenvalue weighted by molar-refractivity contribution is 0.268. The van der Waals surface area contributed by atoms with Crippen LogP contribution >= 0.6 is 31.9 Å². The Morgan fingerprint density at radius 1 is 0.824 bits per heavy atom. The third kappa shape index (κ3) is 4.82. The van der Waals surface area contributed by atoms with Gasteiger partial charge in [-0.25, -0.2) is 0 Å². The van der Waals surface area contributed by atoms with Crippen molar-refractivity contribution in [2.45, 2.75) is 39.8 Å². The van der Waals surface area contributed by atoms with E-state index in [-0.39, 0.29) is 0 Å². The largest absolute Gasteiger partial charge is 0.397 e. The van der Waals surface area contributed by atoms with Gasteiger partial charge in [0.25, 0.3) is 0 Å². The topological polar surface area (TPSA) is 124 Å². The van der Waals surface area contributed by atoms with E-state index in [1.165, 1.54) is 16.7 Å². The number of hydrogen-bond donors (Lipinski definition) is 4. The van der Waals surface area contributed by atoms with Crippen molar-refractivity contribution in [2.75, 3.05) is 37.6 Å². The number of nitrogen functional groups attached to an aromatic ring is 2. The molecule has 0 unspecified atom stereocenters. The lowest BCUT2D eigenvalue weighted by Gasteiger charge is -2.29. The van der Waals surface area contributed by atoms with E-state index in [0.29, 0.717) is 11.2 Å².